The minimum atomic E-state index is -0.556. The number of nitrogens with two attached hydrogens (primary N) is 1. The van der Waals surface area contributed by atoms with Crippen molar-refractivity contribution in [1.82, 2.24) is 4.90 Å². The zero-order chi connectivity index (χ0) is 13.7. The Labute approximate surface area is 111 Å². The summed E-state index contributed by atoms with van der Waals surface area (Å²) in [6, 6.07) is 3.16. The Balaban J connectivity index is 1.85. The molecule has 0 spiro atoms. The summed E-state index contributed by atoms with van der Waals surface area (Å²) in [6.07, 6.45) is 2.46. The van der Waals surface area contributed by atoms with Crippen LogP contribution in [0.3, 0.4) is 0 Å². The second-order valence-electron chi connectivity index (χ2n) is 4.56. The number of halogens is 2. The lowest BCUT2D eigenvalue weighted by molar-refractivity contribution is 0.349. The van der Waals surface area contributed by atoms with Gasteiger partial charge in [-0.15, -0.1) is 0 Å². The van der Waals surface area contributed by atoms with E-state index in [-0.39, 0.29) is 11.6 Å². The molecule has 0 aromatic heterocycles. The predicted octanol–water partition coefficient (Wildman–Crippen LogP) is 1.79. The van der Waals surface area contributed by atoms with Crippen LogP contribution in [0.2, 0.25) is 0 Å². The molecule has 2 rings (SSSR count). The smallest absolute Gasteiger partial charge is 0.193 e. The Morgan fingerprint density at radius 2 is 2.05 bits per heavy atom. The first-order chi connectivity index (χ1) is 9.15. The first-order valence-electron chi connectivity index (χ1n) is 6.39. The molecule has 0 saturated carbocycles. The van der Waals surface area contributed by atoms with Crippen molar-refractivity contribution in [2.45, 2.75) is 12.8 Å². The van der Waals surface area contributed by atoms with Gasteiger partial charge in [0.1, 0.15) is 11.6 Å². The average molecular weight is 268 g/mol. The van der Waals surface area contributed by atoms with Gasteiger partial charge in [-0.25, -0.2) is 8.78 Å². The third-order valence-corrected chi connectivity index (χ3v) is 3.09. The number of hydrogen-bond acceptors (Lipinski definition) is 2. The molecule has 1 aromatic carbocycles. The highest BCUT2D eigenvalue weighted by atomic mass is 19.1. The number of aliphatic imine (C=N–C) groups is 1. The summed E-state index contributed by atoms with van der Waals surface area (Å²) in [5.41, 5.74) is 5.64. The van der Waals surface area contributed by atoms with Crippen molar-refractivity contribution in [3.8, 4) is 0 Å². The van der Waals surface area contributed by atoms with Crippen LogP contribution in [0.4, 0.5) is 14.5 Å². The maximum atomic E-state index is 13.3. The van der Waals surface area contributed by atoms with E-state index in [2.05, 4.69) is 15.2 Å². The topological polar surface area (TPSA) is 53.6 Å². The average Bonchev–Trinajstić information content (AvgIpc) is 2.87. The van der Waals surface area contributed by atoms with Crippen LogP contribution in [0.1, 0.15) is 12.8 Å². The van der Waals surface area contributed by atoms with E-state index in [1.54, 1.807) is 0 Å². The molecule has 1 saturated heterocycles. The minimum absolute atomic E-state index is 0.00224. The van der Waals surface area contributed by atoms with Crippen LogP contribution < -0.4 is 11.1 Å². The molecule has 0 aliphatic carbocycles. The second-order valence-corrected chi connectivity index (χ2v) is 4.56. The number of rotatable bonds is 4. The van der Waals surface area contributed by atoms with Crippen molar-refractivity contribution < 1.29 is 8.78 Å². The van der Waals surface area contributed by atoms with Gasteiger partial charge in [-0.3, -0.25) is 4.99 Å². The standard InChI is InChI=1S/C13H18F2N4/c14-10-3-4-11(15)12(9-10)18-13(16)17-5-8-19-6-1-2-7-19/h3-4,9H,1-2,5-8H2,(H3,16,17,18). The highest BCUT2D eigenvalue weighted by Gasteiger charge is 2.10. The molecule has 1 aromatic rings. The summed E-state index contributed by atoms with van der Waals surface area (Å²) < 4.78 is 26.3. The fourth-order valence-corrected chi connectivity index (χ4v) is 2.09. The van der Waals surface area contributed by atoms with Crippen molar-refractivity contribution in [3.05, 3.63) is 29.8 Å². The molecule has 1 aliphatic heterocycles. The molecule has 0 atom stereocenters. The summed E-state index contributed by atoms with van der Waals surface area (Å²) in [7, 11) is 0. The fourth-order valence-electron chi connectivity index (χ4n) is 2.09. The molecule has 104 valence electrons. The monoisotopic (exact) mass is 268 g/mol. The minimum Gasteiger partial charge on any atom is -0.370 e. The predicted molar refractivity (Wildman–Crippen MR) is 72.1 cm³/mol. The van der Waals surface area contributed by atoms with Crippen LogP contribution >= 0.6 is 0 Å². The largest absolute Gasteiger partial charge is 0.370 e. The Hall–Kier alpha value is -1.69. The van der Waals surface area contributed by atoms with E-state index in [1.165, 1.54) is 12.8 Å². The normalized spacial score (nSPS) is 16.8. The molecular weight excluding hydrogens is 250 g/mol. The van der Waals surface area contributed by atoms with Crippen LogP contribution in [0.15, 0.2) is 23.2 Å². The maximum Gasteiger partial charge on any atom is 0.193 e. The van der Waals surface area contributed by atoms with Gasteiger partial charge < -0.3 is 16.0 Å². The lowest BCUT2D eigenvalue weighted by atomic mass is 10.3. The molecular formula is C13H18F2N4. The van der Waals surface area contributed by atoms with Gasteiger partial charge in [0, 0.05) is 12.6 Å². The van der Waals surface area contributed by atoms with Gasteiger partial charge >= 0.3 is 0 Å². The van der Waals surface area contributed by atoms with Gasteiger partial charge in [-0.05, 0) is 38.1 Å². The molecule has 0 radical (unpaired) electrons. The molecule has 0 unspecified atom stereocenters. The first kappa shape index (κ1) is 13.7. The molecule has 0 bridgehead atoms. The summed E-state index contributed by atoms with van der Waals surface area (Å²) in [6.45, 7) is 3.59. The lowest BCUT2D eigenvalue weighted by Gasteiger charge is -2.12. The van der Waals surface area contributed by atoms with Crippen molar-refractivity contribution in [2.75, 3.05) is 31.5 Å². The Morgan fingerprint density at radius 1 is 1.32 bits per heavy atom. The van der Waals surface area contributed by atoms with E-state index < -0.39 is 11.6 Å². The van der Waals surface area contributed by atoms with Crippen LogP contribution in [-0.4, -0.2) is 37.0 Å². The quantitative estimate of drug-likeness (QED) is 0.646. The van der Waals surface area contributed by atoms with Gasteiger partial charge in [0.05, 0.1) is 12.2 Å². The van der Waals surface area contributed by atoms with E-state index in [4.69, 9.17) is 5.73 Å². The highest BCUT2D eigenvalue weighted by Crippen LogP contribution is 2.14. The Bertz CT molecular complexity index is 456. The summed E-state index contributed by atoms with van der Waals surface area (Å²) >= 11 is 0. The van der Waals surface area contributed by atoms with Crippen LogP contribution in [0.25, 0.3) is 0 Å². The molecule has 6 heteroatoms. The number of benzene rings is 1. The SMILES string of the molecule is NC(=NCCN1CCCC1)Nc1cc(F)ccc1F. The molecule has 0 amide bonds. The summed E-state index contributed by atoms with van der Waals surface area (Å²) in [5.74, 6) is -0.975. The van der Waals surface area contributed by atoms with Crippen molar-refractivity contribution in [1.29, 1.82) is 0 Å². The zero-order valence-electron chi connectivity index (χ0n) is 10.7. The molecule has 19 heavy (non-hydrogen) atoms. The maximum absolute atomic E-state index is 13.3. The van der Waals surface area contributed by atoms with E-state index in [0.717, 1.165) is 37.8 Å². The number of nitrogens with one attached hydrogen (secondary N) is 1. The molecule has 1 aliphatic rings. The van der Waals surface area contributed by atoms with E-state index >= 15 is 0 Å². The van der Waals surface area contributed by atoms with Gasteiger partial charge in [-0.2, -0.15) is 0 Å². The zero-order valence-corrected chi connectivity index (χ0v) is 10.7. The van der Waals surface area contributed by atoms with Crippen LogP contribution in [-0.2, 0) is 0 Å². The number of anilines is 1. The fraction of sp³-hybridized carbons (Fsp3) is 0.462. The van der Waals surface area contributed by atoms with E-state index in [1.807, 2.05) is 0 Å². The summed E-state index contributed by atoms with van der Waals surface area (Å²) in [5, 5.41) is 2.57. The molecule has 1 heterocycles. The van der Waals surface area contributed by atoms with Gasteiger partial charge in [-0.1, -0.05) is 0 Å². The molecule has 1 fully saturated rings. The number of guanidine groups is 1. The number of likely N-dealkylation sites (tertiary alicyclic amines) is 1. The molecule has 3 N–H and O–H groups in total. The molecule has 4 nitrogen and oxygen atoms in total. The van der Waals surface area contributed by atoms with E-state index in [9.17, 15) is 8.78 Å². The van der Waals surface area contributed by atoms with Gasteiger partial charge in [0.25, 0.3) is 0 Å². The van der Waals surface area contributed by atoms with E-state index in [0.29, 0.717) is 6.54 Å². The summed E-state index contributed by atoms with van der Waals surface area (Å²) in [4.78, 5) is 6.41. The van der Waals surface area contributed by atoms with Gasteiger partial charge in [0.2, 0.25) is 0 Å². The Morgan fingerprint density at radius 3 is 2.79 bits per heavy atom. The van der Waals surface area contributed by atoms with Crippen molar-refractivity contribution >= 4 is 11.6 Å². The first-order valence-corrected chi connectivity index (χ1v) is 6.39. The number of hydrogen-bond donors (Lipinski definition) is 2. The second kappa shape index (κ2) is 6.47. The third-order valence-electron chi connectivity index (χ3n) is 3.09. The highest BCUT2D eigenvalue weighted by molar-refractivity contribution is 5.92. The van der Waals surface area contributed by atoms with Crippen molar-refractivity contribution in [2.24, 2.45) is 10.7 Å². The van der Waals surface area contributed by atoms with Gasteiger partial charge in [0.15, 0.2) is 5.96 Å². The third kappa shape index (κ3) is 4.17. The van der Waals surface area contributed by atoms with Crippen LogP contribution in [0.5, 0.6) is 0 Å². The lowest BCUT2D eigenvalue weighted by Crippen LogP contribution is -2.27. The number of nitrogens with zero attached hydrogens (tertiary/aromatic N) is 2. The van der Waals surface area contributed by atoms with Crippen molar-refractivity contribution in [3.63, 3.8) is 0 Å². The van der Waals surface area contributed by atoms with Crippen LogP contribution in [0, 0.1) is 11.6 Å². The Kier molecular flexibility index (Phi) is 4.68.